The van der Waals surface area contributed by atoms with Gasteiger partial charge in [-0.05, 0) is 24.3 Å². The van der Waals surface area contributed by atoms with E-state index in [9.17, 15) is 14.4 Å². The van der Waals surface area contributed by atoms with Gasteiger partial charge in [-0.3, -0.25) is 9.59 Å². The van der Waals surface area contributed by atoms with E-state index >= 15 is 0 Å². The molecule has 1 aromatic heterocycles. The Kier molecular flexibility index (Phi) is 3.62. The first-order valence-corrected chi connectivity index (χ1v) is 6.98. The van der Waals surface area contributed by atoms with Gasteiger partial charge in [0, 0.05) is 23.5 Å². The second-order valence-corrected chi connectivity index (χ2v) is 5.50. The van der Waals surface area contributed by atoms with E-state index in [2.05, 4.69) is 4.74 Å². The quantitative estimate of drug-likeness (QED) is 0.621. The van der Waals surface area contributed by atoms with Crippen molar-refractivity contribution in [3.8, 4) is 0 Å². The smallest absolute Gasteiger partial charge is 0.349 e. The number of amides is 1. The minimum atomic E-state index is -0.707. The lowest BCUT2D eigenvalue weighted by molar-refractivity contribution is -0.149. The molecule has 1 fully saturated rings. The average molecular weight is 322 g/mol. The summed E-state index contributed by atoms with van der Waals surface area (Å²) in [6, 6.07) is 6.25. The molecule has 0 bridgehead atoms. The Bertz CT molecular complexity index is 822. The molecule has 1 aromatic carbocycles. The summed E-state index contributed by atoms with van der Waals surface area (Å²) in [6.07, 6.45) is 0. The van der Waals surface area contributed by atoms with Crippen molar-refractivity contribution in [3.05, 3.63) is 45.3 Å². The number of carbonyl (C=O) groups excluding carboxylic acids is 2. The lowest BCUT2D eigenvalue weighted by Gasteiger charge is -2.37. The van der Waals surface area contributed by atoms with Gasteiger partial charge in [0.15, 0.2) is 0 Å². The van der Waals surface area contributed by atoms with Gasteiger partial charge in [0.05, 0.1) is 13.0 Å². The Morgan fingerprint density at radius 2 is 2.05 bits per heavy atom. The Morgan fingerprint density at radius 1 is 1.32 bits per heavy atom. The summed E-state index contributed by atoms with van der Waals surface area (Å²) in [6.45, 7) is 0.469. The Labute approximate surface area is 130 Å². The lowest BCUT2D eigenvalue weighted by atomic mass is 9.99. The zero-order valence-electron chi connectivity index (χ0n) is 11.7. The van der Waals surface area contributed by atoms with Gasteiger partial charge < -0.3 is 14.1 Å². The van der Waals surface area contributed by atoms with Crippen molar-refractivity contribution in [2.45, 2.75) is 0 Å². The fraction of sp³-hybridized carbons (Fsp3) is 0.267. The third-order valence-corrected chi connectivity index (χ3v) is 3.86. The Hall–Kier alpha value is -2.34. The van der Waals surface area contributed by atoms with Crippen LogP contribution in [-0.4, -0.2) is 37.0 Å². The van der Waals surface area contributed by atoms with Gasteiger partial charge in [0.1, 0.15) is 11.1 Å². The van der Waals surface area contributed by atoms with Gasteiger partial charge in [-0.15, -0.1) is 0 Å². The molecule has 6 nitrogen and oxygen atoms in total. The van der Waals surface area contributed by atoms with E-state index in [0.29, 0.717) is 16.0 Å². The number of hydrogen-bond donors (Lipinski definition) is 0. The number of carbonyl (C=O) groups is 2. The zero-order chi connectivity index (χ0) is 15.9. The van der Waals surface area contributed by atoms with E-state index in [0.717, 1.165) is 0 Å². The molecule has 3 rings (SSSR count). The van der Waals surface area contributed by atoms with Crippen molar-refractivity contribution in [3.63, 3.8) is 0 Å². The molecule has 0 unspecified atom stereocenters. The zero-order valence-corrected chi connectivity index (χ0v) is 12.4. The largest absolute Gasteiger partial charge is 0.469 e. The Morgan fingerprint density at radius 3 is 2.73 bits per heavy atom. The molecule has 0 aliphatic carbocycles. The highest BCUT2D eigenvalue weighted by molar-refractivity contribution is 6.31. The molecule has 0 saturated carbocycles. The number of rotatable bonds is 2. The fourth-order valence-corrected chi connectivity index (χ4v) is 2.55. The van der Waals surface area contributed by atoms with Crippen LogP contribution >= 0.6 is 11.6 Å². The highest BCUT2D eigenvalue weighted by Crippen LogP contribution is 2.22. The van der Waals surface area contributed by atoms with Gasteiger partial charge in [-0.25, -0.2) is 4.79 Å². The van der Waals surface area contributed by atoms with Gasteiger partial charge in [0.2, 0.25) is 0 Å². The third kappa shape index (κ3) is 2.46. The standard InChI is InChI=1S/C15H12ClNO5/c1-21-14(19)9-6-17(7-9)13(18)11-5-8-4-10(16)2-3-12(8)22-15(11)20/h2-5,9H,6-7H2,1H3. The number of halogens is 1. The summed E-state index contributed by atoms with van der Waals surface area (Å²) in [5, 5.41) is 1.05. The van der Waals surface area contributed by atoms with Crippen LogP contribution in [-0.2, 0) is 9.53 Å². The molecule has 2 aromatic rings. The molecule has 22 heavy (non-hydrogen) atoms. The van der Waals surface area contributed by atoms with E-state index in [-0.39, 0.29) is 30.5 Å². The van der Waals surface area contributed by atoms with E-state index in [1.807, 2.05) is 0 Å². The molecule has 1 amide bonds. The summed E-state index contributed by atoms with van der Waals surface area (Å²) in [4.78, 5) is 37.0. The topological polar surface area (TPSA) is 76.8 Å². The van der Waals surface area contributed by atoms with Crippen molar-refractivity contribution in [2.24, 2.45) is 5.92 Å². The van der Waals surface area contributed by atoms with Crippen molar-refractivity contribution < 1.29 is 18.7 Å². The maximum atomic E-state index is 12.3. The average Bonchev–Trinajstić information content (AvgIpc) is 2.45. The maximum absolute atomic E-state index is 12.3. The molecule has 2 heterocycles. The molecule has 7 heteroatoms. The van der Waals surface area contributed by atoms with E-state index in [1.165, 1.54) is 18.1 Å². The molecule has 1 saturated heterocycles. The highest BCUT2D eigenvalue weighted by atomic mass is 35.5. The second-order valence-electron chi connectivity index (χ2n) is 5.06. The van der Waals surface area contributed by atoms with Crippen LogP contribution < -0.4 is 5.63 Å². The Balaban J connectivity index is 1.87. The molecule has 114 valence electrons. The number of nitrogens with zero attached hydrogens (tertiary/aromatic N) is 1. The molecule has 0 spiro atoms. The van der Waals surface area contributed by atoms with Gasteiger partial charge in [-0.1, -0.05) is 11.6 Å². The molecular formula is C15H12ClNO5. The van der Waals surface area contributed by atoms with E-state index < -0.39 is 11.5 Å². The number of fused-ring (bicyclic) bond motifs is 1. The van der Waals surface area contributed by atoms with Crippen LogP contribution in [0.2, 0.25) is 5.02 Å². The van der Waals surface area contributed by atoms with Crippen molar-refractivity contribution in [1.82, 2.24) is 4.90 Å². The highest BCUT2D eigenvalue weighted by Gasteiger charge is 2.37. The first kappa shape index (κ1) is 14.6. The lowest BCUT2D eigenvalue weighted by Crippen LogP contribution is -2.54. The monoisotopic (exact) mass is 321 g/mol. The number of hydrogen-bond acceptors (Lipinski definition) is 5. The number of benzene rings is 1. The minimum Gasteiger partial charge on any atom is -0.469 e. The van der Waals surface area contributed by atoms with Crippen LogP contribution in [0.4, 0.5) is 0 Å². The second kappa shape index (κ2) is 5.46. The SMILES string of the molecule is COC(=O)C1CN(C(=O)c2cc3cc(Cl)ccc3oc2=O)C1. The molecule has 0 N–H and O–H groups in total. The molecular weight excluding hydrogens is 310 g/mol. The van der Waals surface area contributed by atoms with Crippen molar-refractivity contribution in [2.75, 3.05) is 20.2 Å². The van der Waals surface area contributed by atoms with Gasteiger partial charge in [-0.2, -0.15) is 0 Å². The van der Waals surface area contributed by atoms with Crippen molar-refractivity contribution in [1.29, 1.82) is 0 Å². The number of methoxy groups -OCH3 is 1. The van der Waals surface area contributed by atoms with Crippen LogP contribution in [0, 0.1) is 5.92 Å². The summed E-state index contributed by atoms with van der Waals surface area (Å²) >= 11 is 5.89. The summed E-state index contributed by atoms with van der Waals surface area (Å²) in [7, 11) is 1.30. The summed E-state index contributed by atoms with van der Waals surface area (Å²) in [5.74, 6) is -1.16. The predicted octanol–water partition coefficient (Wildman–Crippen LogP) is 1.69. The summed E-state index contributed by atoms with van der Waals surface area (Å²) < 4.78 is 9.74. The minimum absolute atomic E-state index is 0.0712. The van der Waals surface area contributed by atoms with Gasteiger partial charge in [0.25, 0.3) is 5.91 Å². The first-order valence-electron chi connectivity index (χ1n) is 6.60. The first-order chi connectivity index (χ1) is 10.5. The number of likely N-dealkylation sites (tertiary alicyclic amines) is 1. The van der Waals surface area contributed by atoms with Crippen molar-refractivity contribution >= 4 is 34.4 Å². The van der Waals surface area contributed by atoms with Crippen LogP contribution in [0.25, 0.3) is 11.0 Å². The van der Waals surface area contributed by atoms with Crippen LogP contribution in [0.15, 0.2) is 33.5 Å². The van der Waals surface area contributed by atoms with Crippen LogP contribution in [0.5, 0.6) is 0 Å². The molecule has 0 atom stereocenters. The normalized spacial score (nSPS) is 14.7. The van der Waals surface area contributed by atoms with Gasteiger partial charge >= 0.3 is 11.6 Å². The third-order valence-electron chi connectivity index (χ3n) is 3.63. The molecule has 0 radical (unpaired) electrons. The molecule has 1 aliphatic heterocycles. The number of ether oxygens (including phenoxy) is 1. The fourth-order valence-electron chi connectivity index (χ4n) is 2.37. The molecule has 1 aliphatic rings. The van der Waals surface area contributed by atoms with Crippen LogP contribution in [0.1, 0.15) is 10.4 Å². The number of esters is 1. The maximum Gasteiger partial charge on any atom is 0.349 e. The van der Waals surface area contributed by atoms with E-state index in [1.54, 1.807) is 18.2 Å². The van der Waals surface area contributed by atoms with Crippen LogP contribution in [0.3, 0.4) is 0 Å². The van der Waals surface area contributed by atoms with E-state index in [4.69, 9.17) is 16.0 Å². The summed E-state index contributed by atoms with van der Waals surface area (Å²) in [5.41, 5.74) is -0.415. The predicted molar refractivity (Wildman–Crippen MR) is 78.9 cm³/mol.